The topological polar surface area (TPSA) is 66.7 Å². The molecule has 15 heavy (non-hydrogen) atoms. The van der Waals surface area contributed by atoms with Crippen molar-refractivity contribution in [2.75, 3.05) is 6.54 Å². The van der Waals surface area contributed by atoms with E-state index in [9.17, 15) is 0 Å². The molecule has 5 nitrogen and oxygen atoms in total. The molecule has 0 amide bonds. The predicted octanol–water partition coefficient (Wildman–Crippen LogP) is 1.12. The van der Waals surface area contributed by atoms with Gasteiger partial charge >= 0.3 is 0 Å². The van der Waals surface area contributed by atoms with Crippen molar-refractivity contribution in [1.82, 2.24) is 20.5 Å². The van der Waals surface area contributed by atoms with Crippen LogP contribution in [0.5, 0.6) is 0 Å². The molecule has 80 valence electrons. The fourth-order valence-electron chi connectivity index (χ4n) is 1.36. The van der Waals surface area contributed by atoms with Crippen molar-refractivity contribution in [2.24, 2.45) is 0 Å². The zero-order valence-corrected chi connectivity index (χ0v) is 8.44. The van der Waals surface area contributed by atoms with Gasteiger partial charge in [-0.15, -0.1) is 0 Å². The number of hydrogen-bond donors (Lipinski definition) is 2. The Hall–Kier alpha value is -1.62. The van der Waals surface area contributed by atoms with Crippen LogP contribution in [0.2, 0.25) is 0 Å². The SMILES string of the molecule is c1n[nH]c(CCCNCc2ccoc2)n1. The number of aromatic amines is 1. The molecule has 0 atom stereocenters. The summed E-state index contributed by atoms with van der Waals surface area (Å²) in [6.45, 7) is 1.82. The maximum absolute atomic E-state index is 4.97. The van der Waals surface area contributed by atoms with Gasteiger partial charge in [-0.05, 0) is 19.0 Å². The van der Waals surface area contributed by atoms with Gasteiger partial charge in [-0.25, -0.2) is 4.98 Å². The molecule has 0 aliphatic heterocycles. The van der Waals surface area contributed by atoms with Crippen LogP contribution in [0.4, 0.5) is 0 Å². The molecular weight excluding hydrogens is 192 g/mol. The number of rotatable bonds is 6. The normalized spacial score (nSPS) is 10.7. The molecule has 2 rings (SSSR count). The van der Waals surface area contributed by atoms with E-state index in [2.05, 4.69) is 20.5 Å². The molecule has 0 radical (unpaired) electrons. The van der Waals surface area contributed by atoms with E-state index in [1.807, 2.05) is 6.07 Å². The lowest BCUT2D eigenvalue weighted by atomic mass is 10.3. The van der Waals surface area contributed by atoms with E-state index in [1.54, 1.807) is 12.5 Å². The summed E-state index contributed by atoms with van der Waals surface area (Å²) in [7, 11) is 0. The number of H-pyrrole nitrogens is 1. The minimum absolute atomic E-state index is 0.854. The Bertz CT molecular complexity index is 318. The molecule has 0 saturated heterocycles. The third-order valence-corrected chi connectivity index (χ3v) is 2.14. The van der Waals surface area contributed by atoms with Crippen LogP contribution in [0.25, 0.3) is 0 Å². The summed E-state index contributed by atoms with van der Waals surface area (Å²) in [4.78, 5) is 4.05. The van der Waals surface area contributed by atoms with Gasteiger partial charge in [0.05, 0.1) is 12.5 Å². The summed E-state index contributed by atoms with van der Waals surface area (Å²) in [6.07, 6.45) is 6.95. The molecule has 0 fully saturated rings. The van der Waals surface area contributed by atoms with Gasteiger partial charge in [0.15, 0.2) is 0 Å². The fraction of sp³-hybridized carbons (Fsp3) is 0.400. The second-order valence-electron chi connectivity index (χ2n) is 3.34. The van der Waals surface area contributed by atoms with Crippen molar-refractivity contribution < 1.29 is 4.42 Å². The molecule has 0 aromatic carbocycles. The molecule has 5 heteroatoms. The summed E-state index contributed by atoms with van der Waals surface area (Å²) in [6, 6.07) is 1.96. The van der Waals surface area contributed by atoms with Crippen LogP contribution < -0.4 is 5.32 Å². The highest BCUT2D eigenvalue weighted by Gasteiger charge is 1.96. The minimum atomic E-state index is 0.854. The first kappa shape index (κ1) is 9.92. The summed E-state index contributed by atoms with van der Waals surface area (Å²) >= 11 is 0. The Balaban J connectivity index is 1.56. The fourth-order valence-corrected chi connectivity index (χ4v) is 1.36. The molecule has 0 bridgehead atoms. The lowest BCUT2D eigenvalue weighted by Crippen LogP contribution is -2.15. The van der Waals surface area contributed by atoms with Crippen LogP contribution in [0.3, 0.4) is 0 Å². The standard InChI is InChI=1S/C10H14N4O/c1(2-10-12-8-13-14-10)4-11-6-9-3-5-15-7-9/h3,5,7-8,11H,1-2,4,6H2,(H,12,13,14). The van der Waals surface area contributed by atoms with Crippen LogP contribution in [0, 0.1) is 0 Å². The molecule has 2 aromatic rings. The zero-order chi connectivity index (χ0) is 10.3. The first-order chi connectivity index (χ1) is 7.45. The average molecular weight is 206 g/mol. The molecule has 0 unspecified atom stereocenters. The molecule has 0 aliphatic carbocycles. The first-order valence-electron chi connectivity index (χ1n) is 5.01. The van der Waals surface area contributed by atoms with Crippen molar-refractivity contribution in [3.63, 3.8) is 0 Å². The van der Waals surface area contributed by atoms with E-state index in [0.29, 0.717) is 0 Å². The second-order valence-corrected chi connectivity index (χ2v) is 3.34. The number of aryl methyl sites for hydroxylation is 1. The Morgan fingerprint density at radius 1 is 1.47 bits per heavy atom. The largest absolute Gasteiger partial charge is 0.472 e. The van der Waals surface area contributed by atoms with Gasteiger partial charge in [0.2, 0.25) is 0 Å². The molecular formula is C10H14N4O. The third kappa shape index (κ3) is 3.21. The minimum Gasteiger partial charge on any atom is -0.472 e. The Morgan fingerprint density at radius 2 is 2.47 bits per heavy atom. The van der Waals surface area contributed by atoms with Gasteiger partial charge in [0, 0.05) is 18.5 Å². The zero-order valence-electron chi connectivity index (χ0n) is 8.44. The van der Waals surface area contributed by atoms with Gasteiger partial charge < -0.3 is 9.73 Å². The summed E-state index contributed by atoms with van der Waals surface area (Å²) in [5, 5.41) is 9.96. The van der Waals surface area contributed by atoms with Crippen molar-refractivity contribution >= 4 is 0 Å². The maximum atomic E-state index is 4.97. The van der Waals surface area contributed by atoms with Crippen molar-refractivity contribution in [3.8, 4) is 0 Å². The summed E-state index contributed by atoms with van der Waals surface area (Å²) in [5.74, 6) is 0.945. The van der Waals surface area contributed by atoms with Crippen LogP contribution in [0.1, 0.15) is 17.8 Å². The second kappa shape index (κ2) is 5.31. The number of hydrogen-bond acceptors (Lipinski definition) is 4. The Kier molecular flexibility index (Phi) is 3.51. The van der Waals surface area contributed by atoms with Crippen LogP contribution in [0.15, 0.2) is 29.3 Å². The maximum Gasteiger partial charge on any atom is 0.137 e. The van der Waals surface area contributed by atoms with Crippen LogP contribution >= 0.6 is 0 Å². The van der Waals surface area contributed by atoms with E-state index in [1.165, 1.54) is 11.9 Å². The highest BCUT2D eigenvalue weighted by molar-refractivity contribution is 5.04. The number of aromatic nitrogens is 3. The first-order valence-corrected chi connectivity index (χ1v) is 5.01. The molecule has 0 aliphatic rings. The van der Waals surface area contributed by atoms with E-state index in [4.69, 9.17) is 4.42 Å². The predicted molar refractivity (Wildman–Crippen MR) is 55.1 cm³/mol. The van der Waals surface area contributed by atoms with Crippen LogP contribution in [-0.2, 0) is 13.0 Å². The monoisotopic (exact) mass is 206 g/mol. The molecule has 2 heterocycles. The third-order valence-electron chi connectivity index (χ3n) is 2.14. The number of nitrogens with zero attached hydrogens (tertiary/aromatic N) is 2. The molecule has 2 aromatic heterocycles. The summed E-state index contributed by atoms with van der Waals surface area (Å²) in [5.41, 5.74) is 1.18. The number of furan rings is 1. The van der Waals surface area contributed by atoms with Gasteiger partial charge in [0.25, 0.3) is 0 Å². The molecule has 2 N–H and O–H groups in total. The average Bonchev–Trinajstić information content (AvgIpc) is 2.88. The van der Waals surface area contributed by atoms with Gasteiger partial charge in [-0.1, -0.05) is 0 Å². The summed E-state index contributed by atoms with van der Waals surface area (Å²) < 4.78 is 4.97. The Labute approximate surface area is 87.9 Å². The van der Waals surface area contributed by atoms with Gasteiger partial charge in [-0.3, -0.25) is 5.10 Å². The van der Waals surface area contributed by atoms with Crippen LogP contribution in [-0.4, -0.2) is 21.7 Å². The van der Waals surface area contributed by atoms with Crippen molar-refractivity contribution in [1.29, 1.82) is 0 Å². The highest BCUT2D eigenvalue weighted by Crippen LogP contribution is 1.98. The quantitative estimate of drug-likeness (QED) is 0.695. The smallest absolute Gasteiger partial charge is 0.137 e. The van der Waals surface area contributed by atoms with Gasteiger partial charge in [0.1, 0.15) is 12.2 Å². The molecule has 0 spiro atoms. The van der Waals surface area contributed by atoms with Crippen molar-refractivity contribution in [2.45, 2.75) is 19.4 Å². The van der Waals surface area contributed by atoms with E-state index in [0.717, 1.165) is 31.8 Å². The van der Waals surface area contributed by atoms with E-state index < -0.39 is 0 Å². The highest BCUT2D eigenvalue weighted by atomic mass is 16.3. The Morgan fingerprint density at radius 3 is 3.20 bits per heavy atom. The van der Waals surface area contributed by atoms with E-state index in [-0.39, 0.29) is 0 Å². The number of nitrogens with one attached hydrogen (secondary N) is 2. The lowest BCUT2D eigenvalue weighted by Gasteiger charge is -2.00. The molecule has 0 saturated carbocycles. The van der Waals surface area contributed by atoms with E-state index >= 15 is 0 Å². The lowest BCUT2D eigenvalue weighted by molar-refractivity contribution is 0.559. The van der Waals surface area contributed by atoms with Crippen molar-refractivity contribution in [3.05, 3.63) is 36.3 Å². The van der Waals surface area contributed by atoms with Gasteiger partial charge in [-0.2, -0.15) is 5.10 Å².